The Labute approximate surface area is 169 Å². The maximum Gasteiger partial charge on any atom is 0.258 e. The molecular weight excluding hydrogens is 370 g/mol. The second kappa shape index (κ2) is 8.77. The minimum absolute atomic E-state index is 0.0457. The molecule has 0 unspecified atom stereocenters. The first kappa shape index (κ1) is 19.0. The van der Waals surface area contributed by atoms with Gasteiger partial charge in [0.05, 0.1) is 13.7 Å². The topological polar surface area (TPSA) is 86.5 Å². The minimum atomic E-state index is -0.234. The molecule has 0 radical (unpaired) electrons. The van der Waals surface area contributed by atoms with Crippen LogP contribution in [-0.2, 0) is 24.2 Å². The van der Waals surface area contributed by atoms with Crippen molar-refractivity contribution in [2.45, 2.75) is 32.2 Å². The lowest BCUT2D eigenvalue weighted by Crippen LogP contribution is -2.28. The highest BCUT2D eigenvalue weighted by atomic mass is 16.5. The van der Waals surface area contributed by atoms with Crippen molar-refractivity contribution >= 4 is 5.91 Å². The van der Waals surface area contributed by atoms with Crippen LogP contribution in [0.2, 0.25) is 0 Å². The van der Waals surface area contributed by atoms with E-state index in [0.29, 0.717) is 11.7 Å². The third kappa shape index (κ3) is 4.56. The van der Waals surface area contributed by atoms with Gasteiger partial charge in [0.1, 0.15) is 11.5 Å². The fourth-order valence-electron chi connectivity index (χ4n) is 3.43. The number of hydrogen-bond donors (Lipinski definition) is 1. The van der Waals surface area contributed by atoms with E-state index in [1.54, 1.807) is 7.11 Å². The van der Waals surface area contributed by atoms with Crippen LogP contribution in [0.15, 0.2) is 47.0 Å². The minimum Gasteiger partial charge on any atom is -0.497 e. The summed E-state index contributed by atoms with van der Waals surface area (Å²) in [5.41, 5.74) is 3.36. The Morgan fingerprint density at radius 3 is 2.79 bits per heavy atom. The third-order valence-electron chi connectivity index (χ3n) is 4.96. The van der Waals surface area contributed by atoms with E-state index in [2.05, 4.69) is 21.5 Å². The number of fused-ring (bicyclic) bond motifs is 1. The summed E-state index contributed by atoms with van der Waals surface area (Å²) >= 11 is 0. The van der Waals surface area contributed by atoms with Crippen molar-refractivity contribution in [3.8, 4) is 22.9 Å². The van der Waals surface area contributed by atoms with Gasteiger partial charge in [-0.2, -0.15) is 4.98 Å². The smallest absolute Gasteiger partial charge is 0.258 e. The van der Waals surface area contributed by atoms with Crippen LogP contribution >= 0.6 is 0 Å². The van der Waals surface area contributed by atoms with Gasteiger partial charge in [-0.1, -0.05) is 17.3 Å². The molecule has 4 rings (SSSR count). The number of nitrogens with zero attached hydrogens (tertiary/aromatic N) is 2. The predicted octanol–water partition coefficient (Wildman–Crippen LogP) is 3.32. The molecule has 1 amide bonds. The Bertz CT molecular complexity index is 982. The van der Waals surface area contributed by atoms with Crippen molar-refractivity contribution in [3.63, 3.8) is 0 Å². The summed E-state index contributed by atoms with van der Waals surface area (Å²) in [6.07, 6.45) is 4.45. The van der Waals surface area contributed by atoms with Crippen molar-refractivity contribution in [1.29, 1.82) is 0 Å². The molecule has 1 N–H and O–H groups in total. The van der Waals surface area contributed by atoms with Crippen molar-refractivity contribution < 1.29 is 18.8 Å². The van der Waals surface area contributed by atoms with E-state index in [-0.39, 0.29) is 19.1 Å². The molecule has 2 aromatic carbocycles. The maximum absolute atomic E-state index is 12.2. The summed E-state index contributed by atoms with van der Waals surface area (Å²) in [6, 6.07) is 13.4. The number of ether oxygens (including phenoxy) is 2. The number of aromatic nitrogens is 2. The molecule has 29 heavy (non-hydrogen) atoms. The van der Waals surface area contributed by atoms with Crippen LogP contribution in [0.5, 0.6) is 11.5 Å². The first-order valence-electron chi connectivity index (χ1n) is 9.70. The number of methoxy groups -OCH3 is 1. The summed E-state index contributed by atoms with van der Waals surface area (Å²) in [7, 11) is 1.61. The first-order chi connectivity index (χ1) is 14.2. The van der Waals surface area contributed by atoms with Gasteiger partial charge in [-0.15, -0.1) is 0 Å². The average Bonchev–Trinajstić information content (AvgIpc) is 3.25. The fourth-order valence-corrected chi connectivity index (χ4v) is 3.43. The monoisotopic (exact) mass is 393 g/mol. The van der Waals surface area contributed by atoms with E-state index in [1.807, 2.05) is 36.4 Å². The second-order valence-corrected chi connectivity index (χ2v) is 6.91. The Kier molecular flexibility index (Phi) is 5.74. The van der Waals surface area contributed by atoms with Gasteiger partial charge in [-0.3, -0.25) is 4.79 Å². The zero-order chi connectivity index (χ0) is 20.1. The highest BCUT2D eigenvalue weighted by molar-refractivity contribution is 5.77. The van der Waals surface area contributed by atoms with Gasteiger partial charge >= 0.3 is 0 Å². The molecule has 0 bridgehead atoms. The Balaban J connectivity index is 1.29. The largest absolute Gasteiger partial charge is 0.497 e. The molecule has 0 aliphatic heterocycles. The molecular formula is C22H23N3O4. The Morgan fingerprint density at radius 2 is 1.97 bits per heavy atom. The summed E-state index contributed by atoms with van der Waals surface area (Å²) in [5.74, 6) is 2.12. The molecule has 0 fully saturated rings. The van der Waals surface area contributed by atoms with Gasteiger partial charge in [-0.05, 0) is 67.1 Å². The van der Waals surface area contributed by atoms with Gasteiger partial charge in [0.15, 0.2) is 6.61 Å². The predicted molar refractivity (Wildman–Crippen MR) is 107 cm³/mol. The number of carbonyl (C=O) groups is 1. The number of aryl methyl sites for hydroxylation is 1. The lowest BCUT2D eigenvalue weighted by Gasteiger charge is -2.19. The van der Waals surface area contributed by atoms with Crippen molar-refractivity contribution in [1.82, 2.24) is 15.5 Å². The molecule has 3 aromatic rings. The zero-order valence-corrected chi connectivity index (χ0v) is 16.3. The lowest BCUT2D eigenvalue weighted by atomic mass is 9.91. The average molecular weight is 393 g/mol. The lowest BCUT2D eigenvalue weighted by molar-refractivity contribution is -0.123. The fraction of sp³-hybridized carbons (Fsp3) is 0.318. The van der Waals surface area contributed by atoms with Crippen LogP contribution in [0.4, 0.5) is 0 Å². The van der Waals surface area contributed by atoms with Crippen LogP contribution in [0.3, 0.4) is 0 Å². The second-order valence-electron chi connectivity index (χ2n) is 6.91. The molecule has 1 aliphatic carbocycles. The van der Waals surface area contributed by atoms with E-state index >= 15 is 0 Å². The summed E-state index contributed by atoms with van der Waals surface area (Å²) < 4.78 is 16.1. The molecule has 7 nitrogen and oxygen atoms in total. The van der Waals surface area contributed by atoms with Gasteiger partial charge in [0.25, 0.3) is 5.91 Å². The van der Waals surface area contributed by atoms with Gasteiger partial charge < -0.3 is 19.3 Å². The van der Waals surface area contributed by atoms with Crippen LogP contribution in [0.1, 0.15) is 29.9 Å². The maximum atomic E-state index is 12.2. The van der Waals surface area contributed by atoms with Crippen LogP contribution in [0.25, 0.3) is 11.4 Å². The third-order valence-corrected chi connectivity index (χ3v) is 4.96. The van der Waals surface area contributed by atoms with E-state index < -0.39 is 0 Å². The van der Waals surface area contributed by atoms with E-state index in [4.69, 9.17) is 14.0 Å². The molecule has 1 aromatic heterocycles. The highest BCUT2D eigenvalue weighted by Gasteiger charge is 2.15. The number of amides is 1. The van der Waals surface area contributed by atoms with E-state index in [0.717, 1.165) is 36.3 Å². The number of rotatable bonds is 7. The number of nitrogens with one attached hydrogen (secondary N) is 1. The summed E-state index contributed by atoms with van der Waals surface area (Å²) in [5, 5.41) is 6.70. The quantitative estimate of drug-likeness (QED) is 0.663. The first-order valence-corrected chi connectivity index (χ1v) is 9.70. The molecule has 0 atom stereocenters. The highest BCUT2D eigenvalue weighted by Crippen LogP contribution is 2.29. The van der Waals surface area contributed by atoms with E-state index in [9.17, 15) is 4.79 Å². The SMILES string of the molecule is COc1ccc(-c2noc(CNC(=O)COc3cccc4c3CCCC4)n2)cc1. The van der Waals surface area contributed by atoms with Crippen LogP contribution in [-0.4, -0.2) is 29.8 Å². The van der Waals surface area contributed by atoms with Gasteiger partial charge in [-0.25, -0.2) is 0 Å². The number of hydrogen-bond acceptors (Lipinski definition) is 6. The molecule has 1 heterocycles. The molecule has 1 aliphatic rings. The van der Waals surface area contributed by atoms with Crippen LogP contribution < -0.4 is 14.8 Å². The summed E-state index contributed by atoms with van der Waals surface area (Å²) in [4.78, 5) is 16.5. The van der Waals surface area contributed by atoms with Crippen molar-refractivity contribution in [2.24, 2.45) is 0 Å². The molecule has 150 valence electrons. The summed E-state index contributed by atoms with van der Waals surface area (Å²) in [6.45, 7) is 0.105. The van der Waals surface area contributed by atoms with Crippen LogP contribution in [0, 0.1) is 0 Å². The normalized spacial score (nSPS) is 12.9. The zero-order valence-electron chi connectivity index (χ0n) is 16.3. The molecule has 0 saturated heterocycles. The Hall–Kier alpha value is -3.35. The number of benzene rings is 2. The van der Waals surface area contributed by atoms with Crippen molar-refractivity contribution in [2.75, 3.05) is 13.7 Å². The Morgan fingerprint density at radius 1 is 1.14 bits per heavy atom. The van der Waals surface area contributed by atoms with Gasteiger partial charge in [0.2, 0.25) is 11.7 Å². The van der Waals surface area contributed by atoms with Gasteiger partial charge in [0, 0.05) is 5.56 Å². The van der Waals surface area contributed by atoms with E-state index in [1.165, 1.54) is 17.5 Å². The molecule has 7 heteroatoms. The standard InChI is InChI=1S/C22H23N3O4/c1-27-17-11-9-16(10-12-17)22-24-21(29-25-22)13-23-20(26)14-28-19-8-4-6-15-5-2-3-7-18(15)19/h4,6,8-12H,2-3,5,7,13-14H2,1H3,(H,23,26). The number of carbonyl (C=O) groups excluding carboxylic acids is 1. The molecule has 0 spiro atoms. The van der Waals surface area contributed by atoms with Crippen molar-refractivity contribution in [3.05, 3.63) is 59.5 Å². The molecule has 0 saturated carbocycles.